The van der Waals surface area contributed by atoms with E-state index in [0.717, 1.165) is 25.7 Å². The van der Waals surface area contributed by atoms with Crippen LogP contribution in [0, 0.1) is 0 Å². The van der Waals surface area contributed by atoms with Crippen molar-refractivity contribution < 1.29 is 13.0 Å². The van der Waals surface area contributed by atoms with Gasteiger partial charge in [0.15, 0.2) is 9.84 Å². The highest BCUT2D eigenvalue weighted by Crippen LogP contribution is 2.41. The molecule has 164 valence electrons. The van der Waals surface area contributed by atoms with Crippen LogP contribution in [0.3, 0.4) is 0 Å². The van der Waals surface area contributed by atoms with E-state index < -0.39 is 22.5 Å². The number of hydrogen-bond donors (Lipinski definition) is 1. The van der Waals surface area contributed by atoms with E-state index in [-0.39, 0.29) is 4.90 Å². The van der Waals surface area contributed by atoms with Gasteiger partial charge in [-0.25, -0.2) is 13.5 Å². The van der Waals surface area contributed by atoms with Crippen molar-refractivity contribution in [2.75, 3.05) is 0 Å². The number of sulfone groups is 1. The standard InChI is InChI=1S/C25H30NO3PS/c1-2-3-4-14-21-25(31(28,29)24-19-12-7-13-20-24)26-30(27,22-15-8-5-9-16-22)23-17-10-6-11-18-23/h5-13,15-20,25H,2-4,14,21H2,1H3,(H,26,27). The Kier molecular flexibility index (Phi) is 8.25. The second-order valence-corrected chi connectivity index (χ2v) is 12.2. The molecular weight excluding hydrogens is 425 g/mol. The second kappa shape index (κ2) is 10.9. The Hall–Kier alpha value is -2.20. The van der Waals surface area contributed by atoms with Crippen molar-refractivity contribution in [3.05, 3.63) is 91.0 Å². The molecule has 3 aromatic carbocycles. The Morgan fingerprint density at radius 1 is 0.742 bits per heavy atom. The molecule has 0 spiro atoms. The summed E-state index contributed by atoms with van der Waals surface area (Å²) in [5.41, 5.74) is 0. The first-order chi connectivity index (χ1) is 15.0. The molecule has 0 saturated carbocycles. The number of rotatable bonds is 11. The van der Waals surface area contributed by atoms with Gasteiger partial charge in [-0.2, -0.15) is 0 Å². The number of hydrogen-bond acceptors (Lipinski definition) is 3. The highest BCUT2D eigenvalue weighted by Gasteiger charge is 2.36. The number of benzene rings is 3. The van der Waals surface area contributed by atoms with Crippen molar-refractivity contribution in [1.29, 1.82) is 0 Å². The highest BCUT2D eigenvalue weighted by molar-refractivity contribution is 7.92. The minimum atomic E-state index is -3.72. The van der Waals surface area contributed by atoms with Crippen LogP contribution in [0.2, 0.25) is 0 Å². The molecule has 31 heavy (non-hydrogen) atoms. The summed E-state index contributed by atoms with van der Waals surface area (Å²) in [6, 6.07) is 26.7. The van der Waals surface area contributed by atoms with Crippen LogP contribution >= 0.6 is 7.29 Å². The minimum absolute atomic E-state index is 0.246. The van der Waals surface area contributed by atoms with Crippen molar-refractivity contribution in [2.24, 2.45) is 0 Å². The van der Waals surface area contributed by atoms with E-state index in [2.05, 4.69) is 12.0 Å². The molecule has 6 heteroatoms. The molecule has 0 aliphatic carbocycles. The van der Waals surface area contributed by atoms with Crippen LogP contribution in [0.5, 0.6) is 0 Å². The van der Waals surface area contributed by atoms with E-state index in [1.54, 1.807) is 54.6 Å². The lowest BCUT2D eigenvalue weighted by Crippen LogP contribution is -2.40. The third kappa shape index (κ3) is 5.74. The Labute approximate surface area is 186 Å². The maximum atomic E-state index is 14.4. The fraction of sp³-hybridized carbons (Fsp3) is 0.280. The van der Waals surface area contributed by atoms with Crippen molar-refractivity contribution in [1.82, 2.24) is 5.09 Å². The van der Waals surface area contributed by atoms with Crippen molar-refractivity contribution >= 4 is 27.7 Å². The summed E-state index contributed by atoms with van der Waals surface area (Å²) >= 11 is 0. The SMILES string of the molecule is CCCCCCC(NP(=O)(c1ccccc1)c1ccccc1)S(=O)(=O)c1ccccc1. The maximum absolute atomic E-state index is 14.4. The lowest BCUT2D eigenvalue weighted by molar-refractivity contribution is 0.533. The Morgan fingerprint density at radius 3 is 1.71 bits per heavy atom. The molecule has 0 radical (unpaired) electrons. The molecule has 0 aromatic heterocycles. The van der Waals surface area contributed by atoms with Gasteiger partial charge in [-0.3, -0.25) is 4.57 Å². The first-order valence-electron chi connectivity index (χ1n) is 10.8. The first kappa shape index (κ1) is 23.5. The molecule has 1 unspecified atom stereocenters. The van der Waals surface area contributed by atoms with Gasteiger partial charge in [0.25, 0.3) is 0 Å². The number of nitrogens with one attached hydrogen (secondary N) is 1. The third-order valence-corrected chi connectivity index (χ3v) is 10.3. The fourth-order valence-corrected chi connectivity index (χ4v) is 8.25. The smallest absolute Gasteiger partial charge is 0.205 e. The van der Waals surface area contributed by atoms with Crippen molar-refractivity contribution in [3.8, 4) is 0 Å². The Balaban J connectivity index is 2.03. The van der Waals surface area contributed by atoms with E-state index in [0.29, 0.717) is 17.0 Å². The molecular formula is C25H30NO3PS. The summed E-state index contributed by atoms with van der Waals surface area (Å²) in [7, 11) is -7.10. The average Bonchev–Trinajstić information content (AvgIpc) is 2.82. The third-order valence-electron chi connectivity index (χ3n) is 5.33. The van der Waals surface area contributed by atoms with E-state index in [1.807, 2.05) is 36.4 Å². The largest absolute Gasteiger partial charge is 0.296 e. The molecule has 4 nitrogen and oxygen atoms in total. The molecule has 0 amide bonds. The van der Waals surface area contributed by atoms with Crippen LogP contribution in [-0.4, -0.2) is 13.8 Å². The van der Waals surface area contributed by atoms with Crippen LogP contribution in [0.15, 0.2) is 95.9 Å². The van der Waals surface area contributed by atoms with Crippen LogP contribution < -0.4 is 15.7 Å². The van der Waals surface area contributed by atoms with Gasteiger partial charge in [0.1, 0.15) is 5.37 Å². The molecule has 0 bridgehead atoms. The van der Waals surface area contributed by atoms with Crippen LogP contribution in [-0.2, 0) is 14.4 Å². The van der Waals surface area contributed by atoms with Gasteiger partial charge in [-0.05, 0) is 42.8 Å². The minimum Gasteiger partial charge on any atom is -0.296 e. The zero-order valence-electron chi connectivity index (χ0n) is 17.9. The first-order valence-corrected chi connectivity index (χ1v) is 14.0. The predicted molar refractivity (Wildman–Crippen MR) is 129 cm³/mol. The summed E-state index contributed by atoms with van der Waals surface area (Å²) in [5, 5.41) is 3.40. The molecule has 0 fully saturated rings. The van der Waals surface area contributed by atoms with E-state index >= 15 is 0 Å². The predicted octanol–water partition coefficient (Wildman–Crippen LogP) is 5.28. The van der Waals surface area contributed by atoms with E-state index in [4.69, 9.17) is 0 Å². The summed E-state index contributed by atoms with van der Waals surface area (Å²) in [5.74, 6) is 0. The fourth-order valence-electron chi connectivity index (χ4n) is 3.60. The van der Waals surface area contributed by atoms with Gasteiger partial charge in [0.05, 0.1) is 4.90 Å². The van der Waals surface area contributed by atoms with E-state index in [1.165, 1.54) is 0 Å². The number of unbranched alkanes of at least 4 members (excludes halogenated alkanes) is 3. The van der Waals surface area contributed by atoms with Gasteiger partial charge in [-0.15, -0.1) is 0 Å². The molecule has 1 atom stereocenters. The Bertz CT molecular complexity index is 1040. The van der Waals surface area contributed by atoms with Gasteiger partial charge in [0.2, 0.25) is 7.29 Å². The summed E-state index contributed by atoms with van der Waals surface area (Å²) in [6.07, 6.45) is 4.21. The summed E-state index contributed by atoms with van der Waals surface area (Å²) < 4.78 is 41.5. The molecule has 1 N–H and O–H groups in total. The van der Waals surface area contributed by atoms with Gasteiger partial charge >= 0.3 is 0 Å². The maximum Gasteiger partial charge on any atom is 0.205 e. The van der Waals surface area contributed by atoms with Crippen LogP contribution in [0.1, 0.15) is 39.0 Å². The van der Waals surface area contributed by atoms with Gasteiger partial charge in [0, 0.05) is 10.6 Å². The molecule has 0 aliphatic heterocycles. The van der Waals surface area contributed by atoms with Gasteiger partial charge < -0.3 is 0 Å². The monoisotopic (exact) mass is 455 g/mol. The lowest BCUT2D eigenvalue weighted by Gasteiger charge is -2.27. The summed E-state index contributed by atoms with van der Waals surface area (Å²) in [6.45, 7) is 2.12. The normalized spacial score (nSPS) is 13.1. The quantitative estimate of drug-likeness (QED) is 0.316. The van der Waals surface area contributed by atoms with Crippen molar-refractivity contribution in [3.63, 3.8) is 0 Å². The van der Waals surface area contributed by atoms with E-state index in [9.17, 15) is 13.0 Å². The van der Waals surface area contributed by atoms with Crippen LogP contribution in [0.4, 0.5) is 0 Å². The topological polar surface area (TPSA) is 63.2 Å². The summed E-state index contributed by atoms with van der Waals surface area (Å²) in [4.78, 5) is 0.246. The molecule has 3 aromatic rings. The lowest BCUT2D eigenvalue weighted by atomic mass is 10.1. The highest BCUT2D eigenvalue weighted by atomic mass is 32.2. The molecule has 0 heterocycles. The Morgan fingerprint density at radius 2 is 1.23 bits per heavy atom. The molecule has 0 saturated heterocycles. The van der Waals surface area contributed by atoms with Crippen LogP contribution in [0.25, 0.3) is 0 Å². The average molecular weight is 456 g/mol. The zero-order chi connectivity index (χ0) is 22.2. The molecule has 0 aliphatic rings. The second-order valence-electron chi connectivity index (χ2n) is 7.61. The van der Waals surface area contributed by atoms with Crippen molar-refractivity contribution in [2.45, 2.75) is 49.3 Å². The van der Waals surface area contributed by atoms with Gasteiger partial charge in [-0.1, -0.05) is 87.2 Å². The zero-order valence-corrected chi connectivity index (χ0v) is 19.6. The molecule has 3 rings (SSSR count).